The van der Waals surface area contributed by atoms with Gasteiger partial charge in [-0.15, -0.1) is 0 Å². The Bertz CT molecular complexity index is 378. The summed E-state index contributed by atoms with van der Waals surface area (Å²) in [6.45, 7) is 9.97. The van der Waals surface area contributed by atoms with Gasteiger partial charge in [0.05, 0.1) is 5.69 Å². The van der Waals surface area contributed by atoms with Crippen molar-refractivity contribution in [3.05, 3.63) is 29.6 Å². The van der Waals surface area contributed by atoms with Crippen LogP contribution < -0.4 is 5.32 Å². The first kappa shape index (κ1) is 13.5. The van der Waals surface area contributed by atoms with Crippen molar-refractivity contribution >= 4 is 0 Å². The molecule has 18 heavy (non-hydrogen) atoms. The first-order chi connectivity index (χ1) is 8.74. The van der Waals surface area contributed by atoms with E-state index in [2.05, 4.69) is 42.0 Å². The Labute approximate surface area is 111 Å². The summed E-state index contributed by atoms with van der Waals surface area (Å²) in [6.07, 6.45) is 4.19. The molecule has 2 rings (SSSR count). The summed E-state index contributed by atoms with van der Waals surface area (Å²) in [5.74, 6) is 0. The summed E-state index contributed by atoms with van der Waals surface area (Å²) in [5.41, 5.74) is 2.64. The molecule has 0 bridgehead atoms. The van der Waals surface area contributed by atoms with Gasteiger partial charge in [0.1, 0.15) is 0 Å². The molecule has 1 aliphatic heterocycles. The van der Waals surface area contributed by atoms with Crippen LogP contribution in [0, 0.1) is 0 Å². The predicted molar refractivity (Wildman–Crippen MR) is 75.6 cm³/mol. The van der Waals surface area contributed by atoms with E-state index < -0.39 is 0 Å². The highest BCUT2D eigenvalue weighted by Gasteiger charge is 2.24. The van der Waals surface area contributed by atoms with E-state index >= 15 is 0 Å². The van der Waals surface area contributed by atoms with Crippen molar-refractivity contribution in [2.24, 2.45) is 0 Å². The monoisotopic (exact) mass is 247 g/mol. The first-order valence-electron chi connectivity index (χ1n) is 7.14. The van der Waals surface area contributed by atoms with Crippen LogP contribution in [-0.2, 0) is 13.0 Å². The average Bonchev–Trinajstić information content (AvgIpc) is 2.42. The standard InChI is InChI=1S/C15H25N3/c1-4-13-7-6-8-16-15(13)11-18-10-14(5-2)17-9-12(18)3/h6-8,12,14,17H,4-5,9-11H2,1-3H3. The van der Waals surface area contributed by atoms with Crippen molar-refractivity contribution in [3.63, 3.8) is 0 Å². The highest BCUT2D eigenvalue weighted by molar-refractivity contribution is 5.19. The number of hydrogen-bond acceptors (Lipinski definition) is 3. The van der Waals surface area contributed by atoms with Gasteiger partial charge < -0.3 is 5.32 Å². The van der Waals surface area contributed by atoms with E-state index in [4.69, 9.17) is 0 Å². The Morgan fingerprint density at radius 2 is 2.28 bits per heavy atom. The van der Waals surface area contributed by atoms with Crippen LogP contribution in [0.3, 0.4) is 0 Å². The molecule has 0 radical (unpaired) electrons. The van der Waals surface area contributed by atoms with E-state index in [0.717, 1.165) is 26.1 Å². The van der Waals surface area contributed by atoms with E-state index in [1.807, 2.05) is 12.3 Å². The van der Waals surface area contributed by atoms with Crippen LogP contribution in [0.1, 0.15) is 38.4 Å². The van der Waals surface area contributed by atoms with Crippen LogP contribution in [-0.4, -0.2) is 35.1 Å². The molecule has 2 atom stereocenters. The zero-order valence-corrected chi connectivity index (χ0v) is 11.8. The molecule has 100 valence electrons. The molecular weight excluding hydrogens is 222 g/mol. The van der Waals surface area contributed by atoms with Crippen molar-refractivity contribution in [1.82, 2.24) is 15.2 Å². The van der Waals surface area contributed by atoms with Crippen molar-refractivity contribution in [2.75, 3.05) is 13.1 Å². The molecule has 1 aromatic heterocycles. The lowest BCUT2D eigenvalue weighted by atomic mass is 10.1. The topological polar surface area (TPSA) is 28.2 Å². The molecule has 0 aromatic carbocycles. The molecule has 1 fully saturated rings. The lowest BCUT2D eigenvalue weighted by molar-refractivity contribution is 0.129. The minimum Gasteiger partial charge on any atom is -0.311 e. The highest BCUT2D eigenvalue weighted by Crippen LogP contribution is 2.15. The number of hydrogen-bond donors (Lipinski definition) is 1. The molecule has 0 amide bonds. The van der Waals surface area contributed by atoms with Crippen LogP contribution >= 0.6 is 0 Å². The smallest absolute Gasteiger partial charge is 0.0575 e. The maximum atomic E-state index is 4.57. The molecule has 0 aliphatic carbocycles. The second-order valence-electron chi connectivity index (χ2n) is 5.25. The molecule has 1 N–H and O–H groups in total. The Hall–Kier alpha value is -0.930. The quantitative estimate of drug-likeness (QED) is 0.884. The number of piperazine rings is 1. The minimum atomic E-state index is 0.597. The molecule has 3 heteroatoms. The third kappa shape index (κ3) is 3.09. The molecule has 2 unspecified atom stereocenters. The summed E-state index contributed by atoms with van der Waals surface area (Å²) < 4.78 is 0. The van der Waals surface area contributed by atoms with Gasteiger partial charge in [0.25, 0.3) is 0 Å². The highest BCUT2D eigenvalue weighted by atomic mass is 15.2. The fourth-order valence-corrected chi connectivity index (χ4v) is 2.62. The fraction of sp³-hybridized carbons (Fsp3) is 0.667. The third-order valence-corrected chi connectivity index (χ3v) is 3.99. The summed E-state index contributed by atoms with van der Waals surface area (Å²) in [7, 11) is 0. The van der Waals surface area contributed by atoms with Gasteiger partial charge in [0, 0.05) is 37.9 Å². The van der Waals surface area contributed by atoms with E-state index in [1.54, 1.807) is 0 Å². The van der Waals surface area contributed by atoms with E-state index in [-0.39, 0.29) is 0 Å². The SMILES string of the molecule is CCc1cccnc1CN1CC(CC)NCC1C. The maximum Gasteiger partial charge on any atom is 0.0575 e. The number of aryl methyl sites for hydroxylation is 1. The van der Waals surface area contributed by atoms with Crippen LogP contribution in [0.15, 0.2) is 18.3 Å². The zero-order valence-electron chi connectivity index (χ0n) is 11.8. The van der Waals surface area contributed by atoms with Crippen molar-refractivity contribution in [3.8, 4) is 0 Å². The van der Waals surface area contributed by atoms with Crippen LogP contribution in [0.5, 0.6) is 0 Å². The average molecular weight is 247 g/mol. The van der Waals surface area contributed by atoms with E-state index in [0.29, 0.717) is 12.1 Å². The Morgan fingerprint density at radius 3 is 3.00 bits per heavy atom. The van der Waals surface area contributed by atoms with Gasteiger partial charge in [-0.2, -0.15) is 0 Å². The molecule has 0 spiro atoms. The molecule has 1 saturated heterocycles. The van der Waals surface area contributed by atoms with E-state index in [1.165, 1.54) is 17.7 Å². The zero-order chi connectivity index (χ0) is 13.0. The third-order valence-electron chi connectivity index (χ3n) is 3.99. The second kappa shape index (κ2) is 6.30. The molecule has 0 saturated carbocycles. The molecule has 1 aromatic rings. The van der Waals surface area contributed by atoms with Crippen LogP contribution in [0.4, 0.5) is 0 Å². The van der Waals surface area contributed by atoms with Gasteiger partial charge in [0.15, 0.2) is 0 Å². The molecule has 1 aliphatic rings. The predicted octanol–water partition coefficient (Wildman–Crippen LogP) is 2.22. The van der Waals surface area contributed by atoms with Crippen LogP contribution in [0.2, 0.25) is 0 Å². The largest absolute Gasteiger partial charge is 0.311 e. The van der Waals surface area contributed by atoms with Gasteiger partial charge in [-0.25, -0.2) is 0 Å². The Balaban J connectivity index is 2.07. The second-order valence-corrected chi connectivity index (χ2v) is 5.25. The maximum absolute atomic E-state index is 4.57. The van der Waals surface area contributed by atoms with Crippen molar-refractivity contribution in [2.45, 2.75) is 52.2 Å². The van der Waals surface area contributed by atoms with Gasteiger partial charge in [-0.05, 0) is 31.4 Å². The number of rotatable bonds is 4. The summed E-state index contributed by atoms with van der Waals surface area (Å²) in [5, 5.41) is 3.60. The first-order valence-corrected chi connectivity index (χ1v) is 7.14. The normalized spacial score (nSPS) is 25.3. The summed E-state index contributed by atoms with van der Waals surface area (Å²) >= 11 is 0. The molecule has 3 nitrogen and oxygen atoms in total. The van der Waals surface area contributed by atoms with Gasteiger partial charge >= 0.3 is 0 Å². The van der Waals surface area contributed by atoms with E-state index in [9.17, 15) is 0 Å². The number of nitrogens with one attached hydrogen (secondary N) is 1. The van der Waals surface area contributed by atoms with Gasteiger partial charge in [-0.1, -0.05) is 19.9 Å². The Kier molecular flexibility index (Phi) is 4.72. The lowest BCUT2D eigenvalue weighted by Gasteiger charge is -2.38. The van der Waals surface area contributed by atoms with Gasteiger partial charge in [0.2, 0.25) is 0 Å². The van der Waals surface area contributed by atoms with Crippen LogP contribution in [0.25, 0.3) is 0 Å². The number of pyridine rings is 1. The lowest BCUT2D eigenvalue weighted by Crippen LogP contribution is -2.54. The molecule has 2 heterocycles. The minimum absolute atomic E-state index is 0.597. The number of aromatic nitrogens is 1. The summed E-state index contributed by atoms with van der Waals surface area (Å²) in [6, 6.07) is 5.47. The molecular formula is C15H25N3. The van der Waals surface area contributed by atoms with Crippen molar-refractivity contribution in [1.29, 1.82) is 0 Å². The Morgan fingerprint density at radius 1 is 1.44 bits per heavy atom. The fourth-order valence-electron chi connectivity index (χ4n) is 2.62. The summed E-state index contributed by atoms with van der Waals surface area (Å²) in [4.78, 5) is 7.13. The van der Waals surface area contributed by atoms with Gasteiger partial charge in [-0.3, -0.25) is 9.88 Å². The number of nitrogens with zero attached hydrogens (tertiary/aromatic N) is 2. The van der Waals surface area contributed by atoms with Crippen molar-refractivity contribution < 1.29 is 0 Å².